The summed E-state index contributed by atoms with van der Waals surface area (Å²) in [5.74, 6) is 6.52. The molecule has 0 amide bonds. The molecule has 0 saturated carbocycles. The van der Waals surface area contributed by atoms with E-state index in [9.17, 15) is 0 Å². The van der Waals surface area contributed by atoms with E-state index in [4.69, 9.17) is 5.84 Å². The van der Waals surface area contributed by atoms with Gasteiger partial charge in [0.15, 0.2) is 0 Å². The van der Waals surface area contributed by atoms with Gasteiger partial charge in [0.05, 0.1) is 0 Å². The van der Waals surface area contributed by atoms with E-state index in [1.165, 1.54) is 77.0 Å². The summed E-state index contributed by atoms with van der Waals surface area (Å²) in [5.41, 5.74) is 3.07. The summed E-state index contributed by atoms with van der Waals surface area (Å²) in [7, 11) is 0. The molecule has 0 aliphatic heterocycles. The fraction of sp³-hybridized carbons (Fsp3) is 1.00. The van der Waals surface area contributed by atoms with Crippen LogP contribution in [0.25, 0.3) is 0 Å². The van der Waals surface area contributed by atoms with Crippen molar-refractivity contribution in [3.8, 4) is 0 Å². The van der Waals surface area contributed by atoms with E-state index in [0.717, 1.165) is 5.92 Å². The summed E-state index contributed by atoms with van der Waals surface area (Å²) < 4.78 is 0. The molecule has 0 saturated heterocycles. The molecule has 0 aromatic rings. The van der Waals surface area contributed by atoms with Gasteiger partial charge in [-0.2, -0.15) is 0 Å². The number of rotatable bonds is 14. The lowest BCUT2D eigenvalue weighted by Crippen LogP contribution is -2.40. The zero-order chi connectivity index (χ0) is 14.3. The quantitative estimate of drug-likeness (QED) is 0.259. The van der Waals surface area contributed by atoms with Crippen molar-refractivity contribution in [3.63, 3.8) is 0 Å². The van der Waals surface area contributed by atoms with Crippen molar-refractivity contribution >= 4 is 0 Å². The van der Waals surface area contributed by atoms with Gasteiger partial charge >= 0.3 is 0 Å². The number of nitrogens with two attached hydrogens (primary N) is 1. The molecule has 3 N–H and O–H groups in total. The molecule has 2 atom stereocenters. The number of hydrogen-bond donors (Lipinski definition) is 2. The van der Waals surface area contributed by atoms with Crippen molar-refractivity contribution in [2.24, 2.45) is 11.8 Å². The molecule has 0 rings (SSSR count). The molecular formula is C17H38N2. The van der Waals surface area contributed by atoms with Gasteiger partial charge < -0.3 is 0 Å². The summed E-state index contributed by atoms with van der Waals surface area (Å²) in [6.07, 6.45) is 16.2. The molecule has 2 unspecified atom stereocenters. The van der Waals surface area contributed by atoms with Crippen LogP contribution < -0.4 is 11.3 Å². The van der Waals surface area contributed by atoms with Crippen LogP contribution in [0.15, 0.2) is 0 Å². The van der Waals surface area contributed by atoms with E-state index < -0.39 is 0 Å². The number of nitrogens with one attached hydrogen (secondary N) is 1. The first-order valence-corrected chi connectivity index (χ1v) is 8.76. The molecular weight excluding hydrogens is 232 g/mol. The molecule has 0 fully saturated rings. The van der Waals surface area contributed by atoms with Crippen LogP contribution in [0.2, 0.25) is 0 Å². The van der Waals surface area contributed by atoms with E-state index in [1.807, 2.05) is 0 Å². The molecule has 0 bridgehead atoms. The third-order valence-electron chi connectivity index (χ3n) is 4.35. The lowest BCUT2D eigenvalue weighted by molar-refractivity contribution is 0.298. The van der Waals surface area contributed by atoms with Gasteiger partial charge in [0.25, 0.3) is 0 Å². The predicted octanol–water partition coefficient (Wildman–Crippen LogP) is 5.18. The molecule has 19 heavy (non-hydrogen) atoms. The first kappa shape index (κ1) is 18.9. The van der Waals surface area contributed by atoms with Crippen LogP contribution in [0.3, 0.4) is 0 Å². The third kappa shape index (κ3) is 10.4. The highest BCUT2D eigenvalue weighted by atomic mass is 15.2. The zero-order valence-corrected chi connectivity index (χ0v) is 13.7. The maximum absolute atomic E-state index is 5.75. The van der Waals surface area contributed by atoms with Gasteiger partial charge in [-0.1, -0.05) is 85.0 Å². The van der Waals surface area contributed by atoms with Crippen LogP contribution in [-0.2, 0) is 0 Å². The monoisotopic (exact) mass is 270 g/mol. The van der Waals surface area contributed by atoms with Gasteiger partial charge in [0.2, 0.25) is 0 Å². The first-order chi connectivity index (χ1) is 9.29. The van der Waals surface area contributed by atoms with Crippen LogP contribution in [0.4, 0.5) is 0 Å². The molecule has 2 heteroatoms. The minimum absolute atomic E-state index is 0.534. The van der Waals surface area contributed by atoms with Crippen molar-refractivity contribution in [2.75, 3.05) is 0 Å². The van der Waals surface area contributed by atoms with Crippen molar-refractivity contribution in [2.45, 2.75) is 104 Å². The van der Waals surface area contributed by atoms with E-state index in [1.54, 1.807) is 0 Å². The number of hydrogen-bond acceptors (Lipinski definition) is 2. The second-order valence-corrected chi connectivity index (χ2v) is 5.99. The Morgan fingerprint density at radius 3 is 1.84 bits per heavy atom. The van der Waals surface area contributed by atoms with E-state index in [0.29, 0.717) is 6.04 Å². The Kier molecular flexibility index (Phi) is 14.3. The van der Waals surface area contributed by atoms with Crippen molar-refractivity contribution in [3.05, 3.63) is 0 Å². The number of hydrazine groups is 1. The van der Waals surface area contributed by atoms with Crippen LogP contribution in [0.5, 0.6) is 0 Å². The minimum Gasteiger partial charge on any atom is -0.271 e. The van der Waals surface area contributed by atoms with Crippen LogP contribution >= 0.6 is 0 Å². The van der Waals surface area contributed by atoms with Crippen LogP contribution in [-0.4, -0.2) is 6.04 Å². The van der Waals surface area contributed by atoms with Gasteiger partial charge in [0.1, 0.15) is 0 Å². The van der Waals surface area contributed by atoms with Gasteiger partial charge in [-0.3, -0.25) is 11.3 Å². The Balaban J connectivity index is 3.66. The summed E-state index contributed by atoms with van der Waals surface area (Å²) in [6, 6.07) is 0.534. The third-order valence-corrected chi connectivity index (χ3v) is 4.35. The average molecular weight is 271 g/mol. The van der Waals surface area contributed by atoms with Crippen molar-refractivity contribution in [1.29, 1.82) is 0 Å². The van der Waals surface area contributed by atoms with Crippen molar-refractivity contribution < 1.29 is 0 Å². The molecule has 0 aliphatic rings. The summed E-state index contributed by atoms with van der Waals surface area (Å²) in [6.45, 7) is 6.85. The Morgan fingerprint density at radius 1 is 0.737 bits per heavy atom. The average Bonchev–Trinajstić information content (AvgIpc) is 2.44. The highest BCUT2D eigenvalue weighted by molar-refractivity contribution is 4.73. The molecule has 2 nitrogen and oxygen atoms in total. The second kappa shape index (κ2) is 14.3. The predicted molar refractivity (Wildman–Crippen MR) is 87.0 cm³/mol. The minimum atomic E-state index is 0.534. The van der Waals surface area contributed by atoms with Crippen molar-refractivity contribution in [1.82, 2.24) is 5.43 Å². The first-order valence-electron chi connectivity index (χ1n) is 8.76. The summed E-state index contributed by atoms with van der Waals surface area (Å²) in [5, 5.41) is 0. The van der Waals surface area contributed by atoms with E-state index in [-0.39, 0.29) is 0 Å². The molecule has 0 aromatic carbocycles. The van der Waals surface area contributed by atoms with Gasteiger partial charge in [0, 0.05) is 6.04 Å². The lowest BCUT2D eigenvalue weighted by Gasteiger charge is -2.25. The topological polar surface area (TPSA) is 38.0 Å². The largest absolute Gasteiger partial charge is 0.271 e. The van der Waals surface area contributed by atoms with Gasteiger partial charge in [-0.05, 0) is 18.8 Å². The SMILES string of the molecule is CCCCCCCCCC(NN)C(CC)CCCC. The van der Waals surface area contributed by atoms with E-state index in [2.05, 4.69) is 26.2 Å². The highest BCUT2D eigenvalue weighted by Gasteiger charge is 2.17. The fourth-order valence-corrected chi connectivity index (χ4v) is 2.93. The zero-order valence-electron chi connectivity index (χ0n) is 13.7. The highest BCUT2D eigenvalue weighted by Crippen LogP contribution is 2.21. The molecule has 116 valence electrons. The molecule has 0 aliphatic carbocycles. The Morgan fingerprint density at radius 2 is 1.32 bits per heavy atom. The fourth-order valence-electron chi connectivity index (χ4n) is 2.93. The molecule has 0 heterocycles. The summed E-state index contributed by atoms with van der Waals surface area (Å²) >= 11 is 0. The normalized spacial score (nSPS) is 14.5. The Hall–Kier alpha value is -0.0800. The van der Waals surface area contributed by atoms with E-state index >= 15 is 0 Å². The molecule has 0 radical (unpaired) electrons. The maximum atomic E-state index is 5.75. The van der Waals surface area contributed by atoms with Crippen LogP contribution in [0.1, 0.15) is 97.8 Å². The van der Waals surface area contributed by atoms with Crippen LogP contribution in [0, 0.1) is 5.92 Å². The van der Waals surface area contributed by atoms with Gasteiger partial charge in [-0.15, -0.1) is 0 Å². The molecule has 0 spiro atoms. The lowest BCUT2D eigenvalue weighted by atomic mass is 9.88. The number of unbranched alkanes of at least 4 members (excludes halogenated alkanes) is 7. The van der Waals surface area contributed by atoms with Gasteiger partial charge in [-0.25, -0.2) is 0 Å². The Labute approximate surface area is 121 Å². The summed E-state index contributed by atoms with van der Waals surface area (Å²) in [4.78, 5) is 0. The Bertz CT molecular complexity index is 171. The standard InChI is InChI=1S/C17H38N2/c1-4-7-9-10-11-12-13-15-17(19-18)16(6-3)14-8-5-2/h16-17,19H,4-15,18H2,1-3H3. The maximum Gasteiger partial charge on any atom is 0.0238 e. The molecule has 0 aromatic heterocycles. The smallest absolute Gasteiger partial charge is 0.0238 e. The second-order valence-electron chi connectivity index (χ2n) is 5.99.